The Bertz CT molecular complexity index is 1330. The molecule has 0 saturated heterocycles. The molecule has 5 rings (SSSR count). The molecule has 0 radical (unpaired) electrons. The number of H-pyrrole nitrogens is 1. The average Bonchev–Trinajstić information content (AvgIpc) is 3.33. The summed E-state index contributed by atoms with van der Waals surface area (Å²) in [5, 5.41) is 10.7. The molecule has 0 aliphatic carbocycles. The number of amides is 1. The minimum Gasteiger partial charge on any atom is -0.356 e. The Labute approximate surface area is 198 Å². The van der Waals surface area contributed by atoms with Crippen molar-refractivity contribution >= 4 is 28.9 Å². The molecule has 3 heterocycles. The molecule has 0 spiro atoms. The number of benzene rings is 2. The van der Waals surface area contributed by atoms with Gasteiger partial charge in [-0.15, -0.1) is 0 Å². The van der Waals surface area contributed by atoms with E-state index in [9.17, 15) is 4.79 Å². The number of rotatable bonds is 5. The van der Waals surface area contributed by atoms with Gasteiger partial charge in [-0.3, -0.25) is 9.89 Å². The van der Waals surface area contributed by atoms with Crippen LogP contribution in [0.4, 0.5) is 23.0 Å². The summed E-state index contributed by atoms with van der Waals surface area (Å²) in [5.74, 6) is 0.578. The number of aromatic amines is 1. The number of nitrogens with zero attached hydrogens (tertiary/aromatic N) is 5. The molecule has 2 N–H and O–H groups in total. The fourth-order valence-electron chi connectivity index (χ4n) is 4.55. The molecule has 4 aromatic rings. The first-order valence-electron chi connectivity index (χ1n) is 11.3. The number of aromatic nitrogens is 4. The van der Waals surface area contributed by atoms with Crippen molar-refractivity contribution in [3.8, 4) is 22.5 Å². The third-order valence-electron chi connectivity index (χ3n) is 6.17. The third kappa shape index (κ3) is 3.77. The molecule has 1 aliphatic rings. The van der Waals surface area contributed by atoms with Crippen molar-refractivity contribution in [2.24, 2.45) is 0 Å². The van der Waals surface area contributed by atoms with Crippen LogP contribution in [-0.2, 0) is 4.79 Å². The van der Waals surface area contributed by atoms with Crippen molar-refractivity contribution in [3.63, 3.8) is 0 Å². The van der Waals surface area contributed by atoms with Gasteiger partial charge in [0.15, 0.2) is 0 Å². The molecule has 2 aromatic carbocycles. The zero-order chi connectivity index (χ0) is 23.8. The molecule has 0 bridgehead atoms. The quantitative estimate of drug-likeness (QED) is 0.449. The van der Waals surface area contributed by atoms with Crippen molar-refractivity contribution in [1.29, 1.82) is 0 Å². The molecule has 172 valence electrons. The highest BCUT2D eigenvalue weighted by Gasteiger charge is 2.34. The maximum Gasteiger partial charge on any atom is 0.249 e. The molecule has 1 aliphatic heterocycles. The Kier molecular flexibility index (Phi) is 5.49. The lowest BCUT2D eigenvalue weighted by molar-refractivity contribution is -0.119. The van der Waals surface area contributed by atoms with Gasteiger partial charge in [0.25, 0.3) is 0 Å². The van der Waals surface area contributed by atoms with E-state index in [0.717, 1.165) is 39.6 Å². The summed E-state index contributed by atoms with van der Waals surface area (Å²) < 4.78 is 0. The molecule has 1 unspecified atom stereocenters. The third-order valence-corrected chi connectivity index (χ3v) is 6.17. The van der Waals surface area contributed by atoms with Gasteiger partial charge in [0, 0.05) is 36.1 Å². The van der Waals surface area contributed by atoms with Gasteiger partial charge in [-0.2, -0.15) is 5.10 Å². The molecule has 1 amide bonds. The van der Waals surface area contributed by atoms with Gasteiger partial charge in [-0.1, -0.05) is 30.3 Å². The first kappa shape index (κ1) is 21.6. The van der Waals surface area contributed by atoms with Gasteiger partial charge >= 0.3 is 0 Å². The van der Waals surface area contributed by atoms with Gasteiger partial charge in [0.05, 0.1) is 29.0 Å². The van der Waals surface area contributed by atoms with E-state index in [-0.39, 0.29) is 18.0 Å². The lowest BCUT2D eigenvalue weighted by Gasteiger charge is -2.42. The Morgan fingerprint density at radius 2 is 1.85 bits per heavy atom. The second kappa shape index (κ2) is 8.62. The minimum atomic E-state index is -0.232. The van der Waals surface area contributed by atoms with E-state index >= 15 is 0 Å². The van der Waals surface area contributed by atoms with E-state index < -0.39 is 0 Å². The van der Waals surface area contributed by atoms with Crippen molar-refractivity contribution in [2.75, 3.05) is 22.2 Å². The number of fused-ring (bicyclic) bond motifs is 1. The van der Waals surface area contributed by atoms with Crippen molar-refractivity contribution < 1.29 is 4.79 Å². The summed E-state index contributed by atoms with van der Waals surface area (Å²) >= 11 is 0. The first-order valence-corrected chi connectivity index (χ1v) is 11.3. The van der Waals surface area contributed by atoms with Crippen molar-refractivity contribution in [3.05, 3.63) is 67.0 Å². The van der Waals surface area contributed by atoms with Crippen LogP contribution >= 0.6 is 0 Å². The minimum absolute atomic E-state index is 0.0901. The number of nitrogens with one attached hydrogen (secondary N) is 2. The van der Waals surface area contributed by atoms with E-state index in [1.807, 2.05) is 62.5 Å². The van der Waals surface area contributed by atoms with Crippen LogP contribution in [0, 0.1) is 0 Å². The van der Waals surface area contributed by atoms with E-state index in [2.05, 4.69) is 45.3 Å². The Morgan fingerprint density at radius 3 is 2.62 bits per heavy atom. The van der Waals surface area contributed by atoms with E-state index in [0.29, 0.717) is 5.95 Å². The zero-order valence-electron chi connectivity index (χ0n) is 19.6. The SMILES string of the molecule is CC(C)N1c2cc(Nc3nccc(-c4cn[nH]c4-c4ccccc4)n3)ccc2N(C)C(=O)C1C. The second-order valence-electron chi connectivity index (χ2n) is 8.69. The normalized spacial score (nSPS) is 15.6. The van der Waals surface area contributed by atoms with Crippen LogP contribution in [0.25, 0.3) is 22.5 Å². The molecule has 0 fully saturated rings. The lowest BCUT2D eigenvalue weighted by Crippen LogP contribution is -2.53. The molecule has 0 saturated carbocycles. The molecular weight excluding hydrogens is 426 g/mol. The lowest BCUT2D eigenvalue weighted by atomic mass is 10.0. The summed E-state index contributed by atoms with van der Waals surface area (Å²) in [6.45, 7) is 6.14. The maximum atomic E-state index is 12.7. The Balaban J connectivity index is 1.47. The topological polar surface area (TPSA) is 90.0 Å². The van der Waals surface area contributed by atoms with E-state index in [4.69, 9.17) is 4.98 Å². The van der Waals surface area contributed by atoms with Crippen LogP contribution in [0.1, 0.15) is 20.8 Å². The number of likely N-dealkylation sites (N-methyl/N-ethyl adjacent to an activating group) is 1. The van der Waals surface area contributed by atoms with Crippen LogP contribution < -0.4 is 15.1 Å². The standard InChI is InChI=1S/C26H27N7O/c1-16(2)33-17(3)25(34)32(4)22-11-10-19(14-23(22)33)29-26-27-13-12-21(30-26)20-15-28-31-24(20)18-8-6-5-7-9-18/h5-17H,1-4H3,(H,28,31)(H,27,29,30). The van der Waals surface area contributed by atoms with Crippen LogP contribution in [-0.4, -0.2) is 45.2 Å². The highest BCUT2D eigenvalue weighted by molar-refractivity contribution is 6.05. The summed E-state index contributed by atoms with van der Waals surface area (Å²) in [6, 6.07) is 17.8. The molecule has 34 heavy (non-hydrogen) atoms. The maximum absolute atomic E-state index is 12.7. The number of hydrogen-bond acceptors (Lipinski definition) is 6. The monoisotopic (exact) mass is 453 g/mol. The molecule has 2 aromatic heterocycles. The predicted octanol–water partition coefficient (Wildman–Crippen LogP) is 4.86. The first-order chi connectivity index (χ1) is 16.4. The smallest absolute Gasteiger partial charge is 0.249 e. The Morgan fingerprint density at radius 1 is 1.06 bits per heavy atom. The summed E-state index contributed by atoms with van der Waals surface area (Å²) in [6.07, 6.45) is 3.52. The van der Waals surface area contributed by atoms with E-state index in [1.54, 1.807) is 17.3 Å². The molecule has 8 heteroatoms. The number of carbonyl (C=O) groups excluding carboxylic acids is 1. The number of anilines is 4. The van der Waals surface area contributed by atoms with Gasteiger partial charge in [0.1, 0.15) is 6.04 Å². The highest BCUT2D eigenvalue weighted by Crippen LogP contribution is 2.39. The van der Waals surface area contributed by atoms with Gasteiger partial charge in [-0.25, -0.2) is 9.97 Å². The van der Waals surface area contributed by atoms with Crippen LogP contribution in [0.2, 0.25) is 0 Å². The van der Waals surface area contributed by atoms with Crippen LogP contribution in [0.3, 0.4) is 0 Å². The number of carbonyl (C=O) groups is 1. The van der Waals surface area contributed by atoms with Gasteiger partial charge in [0.2, 0.25) is 11.9 Å². The van der Waals surface area contributed by atoms with Crippen LogP contribution in [0.15, 0.2) is 67.0 Å². The number of hydrogen-bond donors (Lipinski definition) is 2. The van der Waals surface area contributed by atoms with E-state index in [1.165, 1.54) is 0 Å². The van der Waals surface area contributed by atoms with Gasteiger partial charge < -0.3 is 15.1 Å². The van der Waals surface area contributed by atoms with Crippen molar-refractivity contribution in [2.45, 2.75) is 32.9 Å². The molecular formula is C26H27N7O. The average molecular weight is 454 g/mol. The van der Waals surface area contributed by atoms with Crippen molar-refractivity contribution in [1.82, 2.24) is 20.2 Å². The van der Waals surface area contributed by atoms with Crippen LogP contribution in [0.5, 0.6) is 0 Å². The molecule has 8 nitrogen and oxygen atoms in total. The largest absolute Gasteiger partial charge is 0.356 e. The fraction of sp³-hybridized carbons (Fsp3) is 0.231. The second-order valence-corrected chi connectivity index (χ2v) is 8.69. The predicted molar refractivity (Wildman–Crippen MR) is 135 cm³/mol. The summed E-state index contributed by atoms with van der Waals surface area (Å²) in [7, 11) is 1.82. The highest BCUT2D eigenvalue weighted by atomic mass is 16.2. The zero-order valence-corrected chi connectivity index (χ0v) is 19.6. The summed E-state index contributed by atoms with van der Waals surface area (Å²) in [4.78, 5) is 25.7. The molecule has 1 atom stereocenters. The fourth-order valence-corrected chi connectivity index (χ4v) is 4.55. The van der Waals surface area contributed by atoms with Gasteiger partial charge in [-0.05, 0) is 45.0 Å². The Hall–Kier alpha value is -4.20. The summed E-state index contributed by atoms with van der Waals surface area (Å²) in [5.41, 5.74) is 6.38.